The second-order valence-corrected chi connectivity index (χ2v) is 6.53. The van der Waals surface area contributed by atoms with Crippen molar-refractivity contribution in [3.05, 3.63) is 10.9 Å². The third-order valence-electron chi connectivity index (χ3n) is 3.36. The third kappa shape index (κ3) is 3.60. The summed E-state index contributed by atoms with van der Waals surface area (Å²) in [6, 6.07) is 2.17. The highest BCUT2D eigenvalue weighted by atomic mass is 32.1. The predicted molar refractivity (Wildman–Crippen MR) is 88.9 cm³/mol. The van der Waals surface area contributed by atoms with E-state index in [1.165, 1.54) is 11.3 Å². The molecule has 2 heterocycles. The van der Waals surface area contributed by atoms with Crippen molar-refractivity contribution < 1.29 is 0 Å². The van der Waals surface area contributed by atoms with Crippen molar-refractivity contribution in [2.24, 2.45) is 5.92 Å². The molecule has 2 aromatic rings. The summed E-state index contributed by atoms with van der Waals surface area (Å²) < 4.78 is 0. The van der Waals surface area contributed by atoms with Gasteiger partial charge in [0.15, 0.2) is 0 Å². The van der Waals surface area contributed by atoms with Crippen molar-refractivity contribution in [2.45, 2.75) is 40.5 Å². The van der Waals surface area contributed by atoms with Crippen LogP contribution < -0.4 is 10.6 Å². The number of fused-ring (bicyclic) bond motifs is 1. The highest BCUT2D eigenvalue weighted by Crippen LogP contribution is 2.29. The Hall–Kier alpha value is -1.36. The lowest BCUT2D eigenvalue weighted by Crippen LogP contribution is -2.13. The summed E-state index contributed by atoms with van der Waals surface area (Å²) in [6.07, 6.45) is 2.24. The van der Waals surface area contributed by atoms with Crippen molar-refractivity contribution in [2.75, 3.05) is 23.7 Å². The molecule has 110 valence electrons. The number of thiophene rings is 1. The molecule has 0 bridgehead atoms. The van der Waals surface area contributed by atoms with Crippen LogP contribution in [-0.2, 0) is 0 Å². The Morgan fingerprint density at radius 2 is 2.05 bits per heavy atom. The van der Waals surface area contributed by atoms with E-state index in [2.05, 4.69) is 54.4 Å². The summed E-state index contributed by atoms with van der Waals surface area (Å²) in [5.41, 5.74) is 0. The molecule has 0 aliphatic rings. The molecule has 0 saturated carbocycles. The van der Waals surface area contributed by atoms with Crippen LogP contribution in [0.5, 0.6) is 0 Å². The van der Waals surface area contributed by atoms with Gasteiger partial charge in [0.25, 0.3) is 0 Å². The van der Waals surface area contributed by atoms with E-state index in [1.54, 1.807) is 11.3 Å². The Morgan fingerprint density at radius 1 is 1.25 bits per heavy atom. The van der Waals surface area contributed by atoms with Crippen molar-refractivity contribution in [1.29, 1.82) is 0 Å². The zero-order valence-electron chi connectivity index (χ0n) is 12.8. The van der Waals surface area contributed by atoms with E-state index in [1.807, 2.05) is 0 Å². The van der Waals surface area contributed by atoms with E-state index in [-0.39, 0.29) is 0 Å². The zero-order valence-corrected chi connectivity index (χ0v) is 13.6. The third-order valence-corrected chi connectivity index (χ3v) is 4.31. The van der Waals surface area contributed by atoms with Crippen LogP contribution in [0.3, 0.4) is 0 Å². The van der Waals surface area contributed by atoms with Crippen LogP contribution in [0, 0.1) is 12.8 Å². The number of aromatic nitrogens is 2. The van der Waals surface area contributed by atoms with Gasteiger partial charge in [0.05, 0.1) is 5.39 Å². The molecular weight excluding hydrogens is 268 g/mol. The zero-order chi connectivity index (χ0) is 14.5. The number of hydrogen-bond donors (Lipinski definition) is 2. The van der Waals surface area contributed by atoms with Crippen LogP contribution >= 0.6 is 11.3 Å². The SMILES string of the molecule is CCCNc1nc(NCC(C)CC)c2cc(C)sc2n1. The van der Waals surface area contributed by atoms with E-state index >= 15 is 0 Å². The van der Waals surface area contributed by atoms with E-state index in [0.29, 0.717) is 5.92 Å². The molecule has 2 N–H and O–H groups in total. The Kier molecular flexibility index (Phi) is 5.17. The molecule has 2 rings (SSSR count). The first kappa shape index (κ1) is 15.0. The summed E-state index contributed by atoms with van der Waals surface area (Å²) in [5, 5.41) is 7.90. The van der Waals surface area contributed by atoms with Crippen LogP contribution in [-0.4, -0.2) is 23.1 Å². The van der Waals surface area contributed by atoms with Crippen LogP contribution in [0.2, 0.25) is 0 Å². The fourth-order valence-corrected chi connectivity index (χ4v) is 2.79. The molecule has 20 heavy (non-hydrogen) atoms. The number of hydrogen-bond acceptors (Lipinski definition) is 5. The van der Waals surface area contributed by atoms with Gasteiger partial charge in [-0.3, -0.25) is 0 Å². The minimum absolute atomic E-state index is 0.645. The molecular formula is C15H24N4S. The molecule has 0 aliphatic heterocycles. The number of nitrogens with zero attached hydrogens (tertiary/aromatic N) is 2. The summed E-state index contributed by atoms with van der Waals surface area (Å²) in [5.74, 6) is 2.33. The molecule has 1 atom stereocenters. The maximum atomic E-state index is 4.63. The van der Waals surface area contributed by atoms with Crippen molar-refractivity contribution in [3.8, 4) is 0 Å². The standard InChI is InChI=1S/C15H24N4S/c1-5-7-16-15-18-13(17-9-10(3)6-2)12-8-11(4)20-14(12)19-15/h8,10H,5-7,9H2,1-4H3,(H2,16,17,18,19). The maximum absolute atomic E-state index is 4.63. The van der Waals surface area contributed by atoms with E-state index in [4.69, 9.17) is 0 Å². The Labute approximate surface area is 125 Å². The average Bonchev–Trinajstić information content (AvgIpc) is 2.82. The van der Waals surface area contributed by atoms with Gasteiger partial charge >= 0.3 is 0 Å². The maximum Gasteiger partial charge on any atom is 0.226 e. The lowest BCUT2D eigenvalue weighted by molar-refractivity contribution is 0.593. The molecule has 0 amide bonds. The molecule has 0 fully saturated rings. The minimum atomic E-state index is 0.645. The van der Waals surface area contributed by atoms with Gasteiger partial charge in [-0.05, 0) is 25.3 Å². The van der Waals surface area contributed by atoms with Crippen LogP contribution in [0.25, 0.3) is 10.2 Å². The average molecular weight is 292 g/mol. The first-order valence-corrected chi connectivity index (χ1v) is 8.21. The first-order chi connectivity index (χ1) is 9.63. The summed E-state index contributed by atoms with van der Waals surface area (Å²) in [6.45, 7) is 10.6. The minimum Gasteiger partial charge on any atom is -0.369 e. The lowest BCUT2D eigenvalue weighted by Gasteiger charge is -2.12. The van der Waals surface area contributed by atoms with Gasteiger partial charge in [0.1, 0.15) is 10.6 Å². The van der Waals surface area contributed by atoms with Crippen LogP contribution in [0.15, 0.2) is 6.07 Å². The van der Waals surface area contributed by atoms with Crippen molar-refractivity contribution >= 4 is 33.3 Å². The monoisotopic (exact) mass is 292 g/mol. The molecule has 0 saturated heterocycles. The van der Waals surface area contributed by atoms with Crippen molar-refractivity contribution in [1.82, 2.24) is 9.97 Å². The highest BCUT2D eigenvalue weighted by molar-refractivity contribution is 7.18. The fraction of sp³-hybridized carbons (Fsp3) is 0.600. The van der Waals surface area contributed by atoms with Crippen LogP contribution in [0.4, 0.5) is 11.8 Å². The Balaban J connectivity index is 2.28. The molecule has 2 aromatic heterocycles. The number of anilines is 2. The van der Waals surface area contributed by atoms with Gasteiger partial charge in [-0.15, -0.1) is 11.3 Å². The van der Waals surface area contributed by atoms with Crippen LogP contribution in [0.1, 0.15) is 38.5 Å². The van der Waals surface area contributed by atoms with Gasteiger partial charge in [-0.2, -0.15) is 4.98 Å². The number of nitrogens with one attached hydrogen (secondary N) is 2. The smallest absolute Gasteiger partial charge is 0.226 e. The van der Waals surface area contributed by atoms with Gasteiger partial charge in [0.2, 0.25) is 5.95 Å². The van der Waals surface area contributed by atoms with Gasteiger partial charge < -0.3 is 10.6 Å². The number of rotatable bonds is 7. The largest absolute Gasteiger partial charge is 0.369 e. The second-order valence-electron chi connectivity index (χ2n) is 5.29. The molecule has 0 radical (unpaired) electrons. The molecule has 5 heteroatoms. The van der Waals surface area contributed by atoms with E-state index < -0.39 is 0 Å². The summed E-state index contributed by atoms with van der Waals surface area (Å²) >= 11 is 1.72. The van der Waals surface area contributed by atoms with E-state index in [9.17, 15) is 0 Å². The lowest BCUT2D eigenvalue weighted by atomic mass is 10.1. The Bertz CT molecular complexity index is 564. The fourth-order valence-electron chi connectivity index (χ4n) is 1.91. The normalized spacial score (nSPS) is 12.6. The molecule has 0 aromatic carbocycles. The molecule has 4 nitrogen and oxygen atoms in total. The topological polar surface area (TPSA) is 49.8 Å². The van der Waals surface area contributed by atoms with Gasteiger partial charge in [-0.25, -0.2) is 4.98 Å². The first-order valence-electron chi connectivity index (χ1n) is 7.40. The second kappa shape index (κ2) is 6.88. The molecule has 1 unspecified atom stereocenters. The predicted octanol–water partition coefficient (Wildman–Crippen LogP) is 4.28. The summed E-state index contributed by atoms with van der Waals surface area (Å²) in [4.78, 5) is 11.6. The van der Waals surface area contributed by atoms with Gasteiger partial charge in [-0.1, -0.05) is 27.2 Å². The molecule has 0 aliphatic carbocycles. The van der Waals surface area contributed by atoms with E-state index in [0.717, 1.165) is 41.5 Å². The molecule has 0 spiro atoms. The van der Waals surface area contributed by atoms with Gasteiger partial charge in [0, 0.05) is 18.0 Å². The quantitative estimate of drug-likeness (QED) is 0.799. The number of aryl methyl sites for hydroxylation is 1. The highest BCUT2D eigenvalue weighted by Gasteiger charge is 2.11. The summed E-state index contributed by atoms with van der Waals surface area (Å²) in [7, 11) is 0. The van der Waals surface area contributed by atoms with Crippen molar-refractivity contribution in [3.63, 3.8) is 0 Å². The Morgan fingerprint density at radius 3 is 2.75 bits per heavy atom.